The van der Waals surface area contributed by atoms with Crippen LogP contribution in [0, 0.1) is 12.8 Å². The lowest BCUT2D eigenvalue weighted by molar-refractivity contribution is -0.117. The van der Waals surface area contributed by atoms with Crippen LogP contribution < -0.4 is 14.4 Å². The van der Waals surface area contributed by atoms with Crippen molar-refractivity contribution in [2.24, 2.45) is 5.92 Å². The van der Waals surface area contributed by atoms with Gasteiger partial charge in [0.05, 0.1) is 12.7 Å². The third-order valence-electron chi connectivity index (χ3n) is 6.64. The minimum Gasteiger partial charge on any atom is -0.489 e. The molecule has 2 aromatic carbocycles. The lowest BCUT2D eigenvalue weighted by Crippen LogP contribution is -2.24. The Morgan fingerprint density at radius 1 is 1.00 bits per heavy atom. The van der Waals surface area contributed by atoms with Crippen LogP contribution >= 0.6 is 0 Å². The number of carbonyl (C=O) groups is 1. The maximum Gasteiger partial charge on any atom is 0.227 e. The molecule has 0 aromatic heterocycles. The Labute approximate surface area is 179 Å². The van der Waals surface area contributed by atoms with E-state index in [0.29, 0.717) is 18.9 Å². The second-order valence-corrected chi connectivity index (χ2v) is 9.23. The van der Waals surface area contributed by atoms with Crippen LogP contribution in [0.1, 0.15) is 62.0 Å². The zero-order valence-electron chi connectivity index (χ0n) is 17.8. The van der Waals surface area contributed by atoms with Crippen LogP contribution in [0.5, 0.6) is 11.5 Å². The molecule has 3 fully saturated rings. The normalized spacial score (nSPS) is 22.0. The number of ether oxygens (including phenoxy) is 2. The van der Waals surface area contributed by atoms with Crippen molar-refractivity contribution in [3.05, 3.63) is 53.6 Å². The maximum absolute atomic E-state index is 12.8. The minimum absolute atomic E-state index is 0.182. The number of rotatable bonds is 7. The first-order valence-corrected chi connectivity index (χ1v) is 11.5. The van der Waals surface area contributed by atoms with Crippen molar-refractivity contribution in [3.63, 3.8) is 0 Å². The highest BCUT2D eigenvalue weighted by Gasteiger charge is 2.32. The molecule has 2 aromatic rings. The Kier molecular flexibility index (Phi) is 5.41. The van der Waals surface area contributed by atoms with Gasteiger partial charge in [0.15, 0.2) is 11.5 Å². The van der Waals surface area contributed by atoms with Gasteiger partial charge in [0.1, 0.15) is 0 Å². The van der Waals surface area contributed by atoms with Gasteiger partial charge in [-0.3, -0.25) is 4.79 Å². The van der Waals surface area contributed by atoms with Crippen LogP contribution in [0.2, 0.25) is 0 Å². The van der Waals surface area contributed by atoms with Gasteiger partial charge in [0, 0.05) is 24.6 Å². The van der Waals surface area contributed by atoms with E-state index in [9.17, 15) is 4.79 Å². The van der Waals surface area contributed by atoms with Gasteiger partial charge in [0.25, 0.3) is 0 Å². The summed E-state index contributed by atoms with van der Waals surface area (Å²) in [4.78, 5) is 14.7. The number of benzene rings is 2. The Bertz CT molecular complexity index is 914. The van der Waals surface area contributed by atoms with E-state index in [1.54, 1.807) is 0 Å². The molecule has 30 heavy (non-hydrogen) atoms. The van der Waals surface area contributed by atoms with E-state index in [2.05, 4.69) is 37.3 Å². The van der Waals surface area contributed by atoms with Crippen LogP contribution in [0.4, 0.5) is 5.69 Å². The molecule has 4 heteroatoms. The van der Waals surface area contributed by atoms with E-state index in [-0.39, 0.29) is 17.9 Å². The molecule has 1 amide bonds. The third-order valence-corrected chi connectivity index (χ3v) is 6.64. The summed E-state index contributed by atoms with van der Waals surface area (Å²) in [5.74, 6) is 2.80. The first-order valence-electron chi connectivity index (χ1n) is 11.5. The van der Waals surface area contributed by atoms with Gasteiger partial charge < -0.3 is 14.4 Å². The molecule has 1 heterocycles. The number of aryl methyl sites for hydroxylation is 1. The van der Waals surface area contributed by atoms with Gasteiger partial charge in [-0.25, -0.2) is 0 Å². The molecule has 2 aliphatic carbocycles. The van der Waals surface area contributed by atoms with Gasteiger partial charge >= 0.3 is 0 Å². The summed E-state index contributed by atoms with van der Waals surface area (Å²) in [7, 11) is 0. The SMILES string of the molecule is Cc1cccc(N2C[C@H](c3ccc(OCC4CC4)c(OC4CCCC4)c3)CC2=O)c1. The van der Waals surface area contributed by atoms with Crippen LogP contribution in [0.25, 0.3) is 0 Å². The first-order chi connectivity index (χ1) is 14.7. The molecule has 4 nitrogen and oxygen atoms in total. The lowest BCUT2D eigenvalue weighted by atomic mass is 9.98. The Morgan fingerprint density at radius 3 is 2.60 bits per heavy atom. The number of hydrogen-bond donors (Lipinski definition) is 0. The highest BCUT2D eigenvalue weighted by atomic mass is 16.5. The molecule has 158 valence electrons. The fourth-order valence-corrected chi connectivity index (χ4v) is 4.64. The molecule has 0 radical (unpaired) electrons. The van der Waals surface area contributed by atoms with Crippen molar-refractivity contribution in [1.29, 1.82) is 0 Å². The summed E-state index contributed by atoms with van der Waals surface area (Å²) >= 11 is 0. The van der Waals surface area contributed by atoms with Crippen molar-refractivity contribution in [3.8, 4) is 11.5 Å². The monoisotopic (exact) mass is 405 g/mol. The van der Waals surface area contributed by atoms with E-state index in [0.717, 1.165) is 36.6 Å². The number of amides is 1. The Hall–Kier alpha value is -2.49. The van der Waals surface area contributed by atoms with Gasteiger partial charge in [-0.1, -0.05) is 18.2 Å². The van der Waals surface area contributed by atoms with Crippen molar-refractivity contribution in [2.45, 2.75) is 63.9 Å². The summed E-state index contributed by atoms with van der Waals surface area (Å²) in [5, 5.41) is 0. The van der Waals surface area contributed by atoms with Crippen molar-refractivity contribution in [1.82, 2.24) is 0 Å². The van der Waals surface area contributed by atoms with Gasteiger partial charge in [-0.2, -0.15) is 0 Å². The van der Waals surface area contributed by atoms with Crippen LogP contribution in [-0.2, 0) is 4.79 Å². The van der Waals surface area contributed by atoms with E-state index in [1.165, 1.54) is 36.8 Å². The highest BCUT2D eigenvalue weighted by Crippen LogP contribution is 2.39. The van der Waals surface area contributed by atoms with E-state index in [4.69, 9.17) is 9.47 Å². The standard InChI is InChI=1S/C26H31NO3/c1-18-5-4-6-22(13-18)27-16-21(15-26(27)28)20-11-12-24(29-17-19-9-10-19)25(14-20)30-23-7-2-3-8-23/h4-6,11-14,19,21,23H,2-3,7-10,15-17H2,1H3/t21-/m1/s1. The van der Waals surface area contributed by atoms with E-state index >= 15 is 0 Å². The minimum atomic E-state index is 0.182. The molecular weight excluding hydrogens is 374 g/mol. The number of anilines is 1. The fourth-order valence-electron chi connectivity index (χ4n) is 4.64. The summed E-state index contributed by atoms with van der Waals surface area (Å²) in [6.45, 7) is 3.56. The molecule has 0 unspecified atom stereocenters. The fraction of sp³-hybridized carbons (Fsp3) is 0.500. The zero-order chi connectivity index (χ0) is 20.5. The Balaban J connectivity index is 1.35. The van der Waals surface area contributed by atoms with Crippen LogP contribution in [-0.4, -0.2) is 25.2 Å². The average Bonchev–Trinajstić information content (AvgIpc) is 3.27. The van der Waals surface area contributed by atoms with Crippen LogP contribution in [0.3, 0.4) is 0 Å². The van der Waals surface area contributed by atoms with Gasteiger partial charge in [0.2, 0.25) is 5.91 Å². The van der Waals surface area contributed by atoms with Crippen molar-refractivity contribution < 1.29 is 14.3 Å². The average molecular weight is 406 g/mol. The number of carbonyl (C=O) groups excluding carboxylic acids is 1. The van der Waals surface area contributed by atoms with Gasteiger partial charge in [-0.05, 0) is 86.8 Å². The Morgan fingerprint density at radius 2 is 1.83 bits per heavy atom. The lowest BCUT2D eigenvalue weighted by Gasteiger charge is -2.20. The molecule has 5 rings (SSSR count). The summed E-state index contributed by atoms with van der Waals surface area (Å²) < 4.78 is 12.5. The largest absolute Gasteiger partial charge is 0.489 e. The smallest absolute Gasteiger partial charge is 0.227 e. The van der Waals surface area contributed by atoms with Crippen LogP contribution in [0.15, 0.2) is 42.5 Å². The molecule has 0 bridgehead atoms. The molecule has 1 aliphatic heterocycles. The highest BCUT2D eigenvalue weighted by molar-refractivity contribution is 5.96. The molecule has 1 atom stereocenters. The van der Waals surface area contributed by atoms with Crippen molar-refractivity contribution >= 4 is 11.6 Å². The third kappa shape index (κ3) is 4.33. The molecular formula is C26H31NO3. The van der Waals surface area contributed by atoms with Crippen molar-refractivity contribution in [2.75, 3.05) is 18.1 Å². The topological polar surface area (TPSA) is 38.8 Å². The first kappa shape index (κ1) is 19.5. The predicted octanol–water partition coefficient (Wildman–Crippen LogP) is 5.63. The summed E-state index contributed by atoms with van der Waals surface area (Å²) in [5.41, 5.74) is 3.34. The molecule has 3 aliphatic rings. The van der Waals surface area contributed by atoms with E-state index in [1.807, 2.05) is 17.0 Å². The predicted molar refractivity (Wildman–Crippen MR) is 118 cm³/mol. The summed E-state index contributed by atoms with van der Waals surface area (Å²) in [6, 6.07) is 14.5. The zero-order valence-corrected chi connectivity index (χ0v) is 17.8. The molecule has 1 saturated heterocycles. The molecule has 0 spiro atoms. The second kappa shape index (κ2) is 8.33. The second-order valence-electron chi connectivity index (χ2n) is 9.23. The maximum atomic E-state index is 12.8. The number of hydrogen-bond acceptors (Lipinski definition) is 3. The molecule has 0 N–H and O–H groups in total. The van der Waals surface area contributed by atoms with E-state index < -0.39 is 0 Å². The molecule has 2 saturated carbocycles. The quantitative estimate of drug-likeness (QED) is 0.600. The summed E-state index contributed by atoms with van der Waals surface area (Å²) in [6.07, 6.45) is 8.10. The van der Waals surface area contributed by atoms with Gasteiger partial charge in [-0.15, -0.1) is 0 Å². The number of nitrogens with zero attached hydrogens (tertiary/aromatic N) is 1.